The van der Waals surface area contributed by atoms with Crippen LogP contribution in [0.25, 0.3) is 0 Å². The molecule has 1 aromatic heterocycles. The van der Waals surface area contributed by atoms with E-state index in [-0.39, 0.29) is 5.56 Å². The zero-order valence-corrected chi connectivity index (χ0v) is 15.3. The molecule has 8 heteroatoms. The van der Waals surface area contributed by atoms with Crippen molar-refractivity contribution in [3.05, 3.63) is 75.5 Å². The summed E-state index contributed by atoms with van der Waals surface area (Å²) < 4.78 is 13.2. The van der Waals surface area contributed by atoms with E-state index in [9.17, 15) is 9.18 Å². The third kappa shape index (κ3) is 5.26. The first-order valence-electron chi connectivity index (χ1n) is 7.31. The molecule has 0 atom stereocenters. The number of nitrogens with one attached hydrogen (secondary N) is 1. The molecular weight excluding hydrogens is 381 g/mol. The highest BCUT2D eigenvalue weighted by atomic mass is 35.5. The van der Waals surface area contributed by atoms with Gasteiger partial charge in [-0.2, -0.15) is 0 Å². The normalized spacial score (nSPS) is 10.6. The first-order chi connectivity index (χ1) is 12.1. The van der Waals surface area contributed by atoms with Gasteiger partial charge in [-0.15, -0.1) is 22.0 Å². The lowest BCUT2D eigenvalue weighted by molar-refractivity contribution is 0.102. The van der Waals surface area contributed by atoms with Crippen LogP contribution >= 0.6 is 34.7 Å². The number of amides is 1. The van der Waals surface area contributed by atoms with E-state index in [4.69, 9.17) is 11.6 Å². The third-order valence-corrected chi connectivity index (χ3v) is 5.47. The number of benzene rings is 2. The van der Waals surface area contributed by atoms with E-state index < -0.39 is 11.7 Å². The number of anilines is 1. The van der Waals surface area contributed by atoms with Gasteiger partial charge in [0, 0.05) is 22.1 Å². The van der Waals surface area contributed by atoms with Gasteiger partial charge in [0.1, 0.15) is 10.8 Å². The van der Waals surface area contributed by atoms with Crippen molar-refractivity contribution < 1.29 is 9.18 Å². The molecule has 0 radical (unpaired) electrons. The zero-order valence-electron chi connectivity index (χ0n) is 12.9. The van der Waals surface area contributed by atoms with Crippen molar-refractivity contribution in [2.45, 2.75) is 11.5 Å². The number of carbonyl (C=O) groups excluding carboxylic acids is 1. The van der Waals surface area contributed by atoms with Gasteiger partial charge in [0.05, 0.1) is 0 Å². The molecule has 3 aromatic rings. The number of rotatable bonds is 6. The molecule has 25 heavy (non-hydrogen) atoms. The molecule has 4 nitrogen and oxygen atoms in total. The van der Waals surface area contributed by atoms with Gasteiger partial charge in [-0.25, -0.2) is 4.39 Å². The van der Waals surface area contributed by atoms with Gasteiger partial charge < -0.3 is 0 Å². The zero-order chi connectivity index (χ0) is 17.6. The van der Waals surface area contributed by atoms with Crippen molar-refractivity contribution in [1.82, 2.24) is 10.2 Å². The Kier molecular flexibility index (Phi) is 6.01. The summed E-state index contributed by atoms with van der Waals surface area (Å²) in [4.78, 5) is 12.0. The Bertz CT molecular complexity index is 870. The van der Waals surface area contributed by atoms with Gasteiger partial charge in [0.15, 0.2) is 0 Å². The molecule has 1 N–H and O–H groups in total. The van der Waals surface area contributed by atoms with Gasteiger partial charge >= 0.3 is 0 Å². The van der Waals surface area contributed by atoms with E-state index in [1.54, 1.807) is 17.8 Å². The minimum atomic E-state index is -0.454. The Hall–Kier alpha value is -1.96. The molecule has 0 aliphatic carbocycles. The van der Waals surface area contributed by atoms with Gasteiger partial charge in [-0.05, 0) is 35.9 Å². The molecule has 128 valence electrons. The second kappa shape index (κ2) is 8.42. The van der Waals surface area contributed by atoms with Crippen molar-refractivity contribution in [2.24, 2.45) is 0 Å². The van der Waals surface area contributed by atoms with Crippen molar-refractivity contribution in [3.8, 4) is 0 Å². The third-order valence-electron chi connectivity index (χ3n) is 3.18. The van der Waals surface area contributed by atoms with Crippen molar-refractivity contribution in [3.63, 3.8) is 0 Å². The van der Waals surface area contributed by atoms with Crippen molar-refractivity contribution in [2.75, 3.05) is 5.32 Å². The van der Waals surface area contributed by atoms with Gasteiger partial charge in [-0.1, -0.05) is 41.1 Å². The average molecular weight is 394 g/mol. The molecule has 1 amide bonds. The summed E-state index contributed by atoms with van der Waals surface area (Å²) in [6, 6.07) is 13.2. The van der Waals surface area contributed by atoms with E-state index in [1.165, 1.54) is 35.1 Å². The van der Waals surface area contributed by atoms with Crippen LogP contribution in [0, 0.1) is 5.82 Å². The lowest BCUT2D eigenvalue weighted by atomic mass is 10.2. The fourth-order valence-electron chi connectivity index (χ4n) is 2.00. The molecular formula is C17H13ClFN3OS2. The molecule has 2 aromatic carbocycles. The first kappa shape index (κ1) is 17.8. The van der Waals surface area contributed by atoms with Gasteiger partial charge in [0.2, 0.25) is 5.13 Å². The van der Waals surface area contributed by atoms with E-state index in [0.717, 1.165) is 15.8 Å². The minimum absolute atomic E-state index is 0.244. The van der Waals surface area contributed by atoms with Crippen LogP contribution in [0.2, 0.25) is 5.02 Å². The summed E-state index contributed by atoms with van der Waals surface area (Å²) >= 11 is 8.87. The predicted octanol–water partition coefficient (Wildman–Crippen LogP) is 5.02. The maximum Gasteiger partial charge on any atom is 0.257 e. The topological polar surface area (TPSA) is 54.9 Å². The fraction of sp³-hybridized carbons (Fsp3) is 0.118. The van der Waals surface area contributed by atoms with Crippen LogP contribution < -0.4 is 5.32 Å². The highest BCUT2D eigenvalue weighted by molar-refractivity contribution is 7.97. The number of aromatic nitrogens is 2. The maximum absolute atomic E-state index is 13.2. The SMILES string of the molecule is O=C(Nc1nnc(CSCc2ccc(Cl)cc2)s1)c1cccc(F)c1. The Morgan fingerprint density at radius 1 is 1.16 bits per heavy atom. The van der Waals surface area contributed by atoms with Crippen LogP contribution in [0.4, 0.5) is 9.52 Å². The van der Waals surface area contributed by atoms with E-state index in [0.29, 0.717) is 10.9 Å². The smallest absolute Gasteiger partial charge is 0.257 e. The Labute approximate surface area is 157 Å². The van der Waals surface area contributed by atoms with E-state index in [1.807, 2.05) is 24.3 Å². The second-order valence-corrected chi connectivity index (χ2v) is 7.57. The fourth-order valence-corrected chi connectivity index (χ4v) is 3.90. The molecule has 3 rings (SSSR count). The lowest BCUT2D eigenvalue weighted by Crippen LogP contribution is -2.11. The van der Waals surface area contributed by atoms with Crippen LogP contribution in [-0.2, 0) is 11.5 Å². The van der Waals surface area contributed by atoms with Gasteiger partial charge in [0.25, 0.3) is 5.91 Å². The van der Waals surface area contributed by atoms with Crippen LogP contribution in [-0.4, -0.2) is 16.1 Å². The number of hydrogen-bond donors (Lipinski definition) is 1. The Morgan fingerprint density at radius 3 is 2.72 bits per heavy atom. The molecule has 1 heterocycles. The first-order valence-corrected chi connectivity index (χ1v) is 9.66. The van der Waals surface area contributed by atoms with Gasteiger partial charge in [-0.3, -0.25) is 10.1 Å². The number of hydrogen-bond acceptors (Lipinski definition) is 5. The lowest BCUT2D eigenvalue weighted by Gasteiger charge is -2.01. The molecule has 0 bridgehead atoms. The summed E-state index contributed by atoms with van der Waals surface area (Å²) in [6.07, 6.45) is 0. The van der Waals surface area contributed by atoms with Crippen LogP contribution in [0.5, 0.6) is 0 Å². The largest absolute Gasteiger partial charge is 0.296 e. The number of halogens is 2. The number of nitrogens with zero attached hydrogens (tertiary/aromatic N) is 2. The summed E-state index contributed by atoms with van der Waals surface area (Å²) in [5.74, 6) is 0.665. The van der Waals surface area contributed by atoms with Crippen LogP contribution in [0.1, 0.15) is 20.9 Å². The Balaban J connectivity index is 1.52. The predicted molar refractivity (Wildman–Crippen MR) is 101 cm³/mol. The van der Waals surface area contributed by atoms with Crippen LogP contribution in [0.3, 0.4) is 0 Å². The highest BCUT2D eigenvalue weighted by Gasteiger charge is 2.11. The molecule has 0 aliphatic rings. The molecule has 0 spiro atoms. The van der Waals surface area contributed by atoms with Crippen LogP contribution in [0.15, 0.2) is 48.5 Å². The van der Waals surface area contributed by atoms with E-state index >= 15 is 0 Å². The average Bonchev–Trinajstić information content (AvgIpc) is 3.04. The summed E-state index contributed by atoms with van der Waals surface area (Å²) in [7, 11) is 0. The minimum Gasteiger partial charge on any atom is -0.296 e. The summed E-state index contributed by atoms with van der Waals surface area (Å²) in [5, 5.41) is 12.6. The molecule has 0 unspecified atom stereocenters. The molecule has 0 saturated carbocycles. The quantitative estimate of drug-likeness (QED) is 0.639. The standard InChI is InChI=1S/C17H13ClFN3OS2/c18-13-6-4-11(5-7-13)9-24-10-15-21-22-17(25-15)20-16(23)12-2-1-3-14(19)8-12/h1-8H,9-10H2,(H,20,22,23). The summed E-state index contributed by atoms with van der Waals surface area (Å²) in [5.41, 5.74) is 1.42. The number of carbonyl (C=O) groups is 1. The molecule has 0 aliphatic heterocycles. The van der Waals surface area contributed by atoms with Crippen molar-refractivity contribution in [1.29, 1.82) is 0 Å². The van der Waals surface area contributed by atoms with Crippen molar-refractivity contribution >= 4 is 45.7 Å². The Morgan fingerprint density at radius 2 is 1.96 bits per heavy atom. The number of thioether (sulfide) groups is 1. The second-order valence-electron chi connectivity index (χ2n) is 5.08. The molecule has 0 saturated heterocycles. The maximum atomic E-state index is 13.2. The van der Waals surface area contributed by atoms with E-state index in [2.05, 4.69) is 15.5 Å². The highest BCUT2D eigenvalue weighted by Crippen LogP contribution is 2.23. The molecule has 0 fully saturated rings. The monoisotopic (exact) mass is 393 g/mol. The summed E-state index contributed by atoms with van der Waals surface area (Å²) in [6.45, 7) is 0.